The first-order valence-corrected chi connectivity index (χ1v) is 4.18. The van der Waals surface area contributed by atoms with Crippen LogP contribution in [-0.4, -0.2) is 33.8 Å². The molecule has 0 bridgehead atoms. The first-order valence-electron chi connectivity index (χ1n) is 4.18. The maximum absolute atomic E-state index is 10.5. The molecule has 76 valence electrons. The highest BCUT2D eigenvalue weighted by Gasteiger charge is 2.36. The van der Waals surface area contributed by atoms with Crippen LogP contribution in [0.5, 0.6) is 5.75 Å². The van der Waals surface area contributed by atoms with E-state index in [0.717, 1.165) is 0 Å². The van der Waals surface area contributed by atoms with Gasteiger partial charge in [-0.3, -0.25) is 0 Å². The molecule has 0 aliphatic carbocycles. The predicted molar refractivity (Wildman–Crippen MR) is 47.1 cm³/mol. The van der Waals surface area contributed by atoms with Crippen LogP contribution in [0, 0.1) is 10.1 Å². The summed E-state index contributed by atoms with van der Waals surface area (Å²) in [6, 6.07) is 0. The third-order valence-corrected chi connectivity index (χ3v) is 2.12. The predicted octanol–water partition coefficient (Wildman–Crippen LogP) is 0.0586. The standard InChI is InChI=1S/C7H10N4O3/c1-7(3-8-4-7)14-5-2-9-10-6(5)11(12)13/h2,8H,3-4H2,1H3,(H,9,10). The number of H-pyrrole nitrogens is 1. The summed E-state index contributed by atoms with van der Waals surface area (Å²) in [6.07, 6.45) is 1.32. The Morgan fingerprint density at radius 2 is 2.43 bits per heavy atom. The van der Waals surface area contributed by atoms with Gasteiger partial charge in [0, 0.05) is 13.1 Å². The van der Waals surface area contributed by atoms with Gasteiger partial charge in [0.05, 0.1) is 0 Å². The molecule has 0 atom stereocenters. The molecule has 1 aliphatic heterocycles. The third kappa shape index (κ3) is 1.41. The van der Waals surface area contributed by atoms with Gasteiger partial charge in [0.2, 0.25) is 5.75 Å². The van der Waals surface area contributed by atoms with E-state index in [1.807, 2.05) is 6.92 Å². The number of hydrogen-bond donors (Lipinski definition) is 2. The summed E-state index contributed by atoms with van der Waals surface area (Å²) in [5.41, 5.74) is -0.353. The van der Waals surface area contributed by atoms with E-state index >= 15 is 0 Å². The Balaban J connectivity index is 2.16. The number of aromatic amines is 1. The molecule has 7 heteroatoms. The molecule has 0 saturated carbocycles. The molecular weight excluding hydrogens is 188 g/mol. The summed E-state index contributed by atoms with van der Waals surface area (Å²) in [7, 11) is 0. The highest BCUT2D eigenvalue weighted by atomic mass is 16.6. The van der Waals surface area contributed by atoms with E-state index in [1.165, 1.54) is 6.20 Å². The molecule has 0 unspecified atom stereocenters. The van der Waals surface area contributed by atoms with Gasteiger partial charge in [-0.1, -0.05) is 5.10 Å². The lowest BCUT2D eigenvalue weighted by atomic mass is 10.0. The lowest BCUT2D eigenvalue weighted by molar-refractivity contribution is -0.391. The molecule has 1 aromatic rings. The summed E-state index contributed by atoms with van der Waals surface area (Å²) in [4.78, 5) is 9.97. The fraction of sp³-hybridized carbons (Fsp3) is 0.571. The molecule has 7 nitrogen and oxygen atoms in total. The molecule has 0 spiro atoms. The van der Waals surface area contributed by atoms with E-state index < -0.39 is 4.92 Å². The summed E-state index contributed by atoms with van der Waals surface area (Å²) in [6.45, 7) is 3.27. The molecular formula is C7H10N4O3. The van der Waals surface area contributed by atoms with E-state index in [1.54, 1.807) is 0 Å². The van der Waals surface area contributed by atoms with Crippen LogP contribution in [0.1, 0.15) is 6.92 Å². The fourth-order valence-electron chi connectivity index (χ4n) is 1.29. The number of nitrogens with one attached hydrogen (secondary N) is 2. The Bertz CT molecular complexity index is 358. The maximum atomic E-state index is 10.5. The summed E-state index contributed by atoms with van der Waals surface area (Å²) in [5, 5.41) is 19.4. The maximum Gasteiger partial charge on any atom is 0.385 e. The van der Waals surface area contributed by atoms with Crippen LogP contribution in [0.4, 0.5) is 5.82 Å². The molecule has 0 radical (unpaired) electrons. The van der Waals surface area contributed by atoms with E-state index in [0.29, 0.717) is 13.1 Å². The molecule has 14 heavy (non-hydrogen) atoms. The average Bonchev–Trinajstić information content (AvgIpc) is 2.49. The van der Waals surface area contributed by atoms with E-state index in [9.17, 15) is 10.1 Å². The summed E-state index contributed by atoms with van der Waals surface area (Å²) in [5.74, 6) is -0.00266. The molecule has 2 N–H and O–H groups in total. The first-order chi connectivity index (χ1) is 6.61. The molecule has 2 heterocycles. The number of nitro groups is 1. The van der Waals surface area contributed by atoms with Crippen molar-refractivity contribution >= 4 is 5.82 Å². The number of nitrogens with zero attached hydrogens (tertiary/aromatic N) is 2. The smallest absolute Gasteiger partial charge is 0.385 e. The van der Waals surface area contributed by atoms with E-state index in [-0.39, 0.29) is 17.2 Å². The minimum absolute atomic E-state index is 0.194. The Hall–Kier alpha value is -1.63. The number of ether oxygens (including phenoxy) is 1. The third-order valence-electron chi connectivity index (χ3n) is 2.12. The molecule has 0 aromatic carbocycles. The van der Waals surface area contributed by atoms with Crippen LogP contribution in [0.25, 0.3) is 0 Å². The minimum atomic E-state index is -0.544. The highest BCUT2D eigenvalue weighted by Crippen LogP contribution is 2.28. The van der Waals surface area contributed by atoms with E-state index in [2.05, 4.69) is 15.5 Å². The van der Waals surface area contributed by atoms with Crippen molar-refractivity contribution in [1.29, 1.82) is 0 Å². The molecule has 1 saturated heterocycles. The van der Waals surface area contributed by atoms with Crippen LogP contribution in [0.15, 0.2) is 6.20 Å². The van der Waals surface area contributed by atoms with Crippen molar-refractivity contribution in [3.05, 3.63) is 16.3 Å². The molecule has 1 fully saturated rings. The van der Waals surface area contributed by atoms with Gasteiger partial charge in [0.25, 0.3) is 0 Å². The van der Waals surface area contributed by atoms with Gasteiger partial charge in [-0.05, 0) is 11.8 Å². The molecule has 1 aliphatic rings. The zero-order valence-electron chi connectivity index (χ0n) is 7.61. The lowest BCUT2D eigenvalue weighted by Crippen LogP contribution is -2.61. The second-order valence-electron chi connectivity index (χ2n) is 3.50. The Labute approximate surface area is 79.6 Å². The SMILES string of the molecule is CC1(Oc2cn[nH]c2[N+](=O)[O-])CNC1. The number of aromatic nitrogens is 2. The second kappa shape index (κ2) is 2.95. The normalized spacial score (nSPS) is 18.6. The van der Waals surface area contributed by atoms with Gasteiger partial charge in [-0.25, -0.2) is 0 Å². The van der Waals surface area contributed by atoms with Crippen molar-refractivity contribution in [2.45, 2.75) is 12.5 Å². The zero-order chi connectivity index (χ0) is 10.2. The monoisotopic (exact) mass is 198 g/mol. The largest absolute Gasteiger partial charge is 0.476 e. The van der Waals surface area contributed by atoms with Gasteiger partial charge < -0.3 is 20.2 Å². The molecule has 0 amide bonds. The second-order valence-corrected chi connectivity index (χ2v) is 3.50. The minimum Gasteiger partial charge on any atom is -0.476 e. The Morgan fingerprint density at radius 3 is 2.93 bits per heavy atom. The van der Waals surface area contributed by atoms with Crippen molar-refractivity contribution in [2.75, 3.05) is 13.1 Å². The van der Waals surface area contributed by atoms with Crippen molar-refractivity contribution < 1.29 is 9.66 Å². The van der Waals surface area contributed by atoms with Crippen LogP contribution in [-0.2, 0) is 0 Å². The van der Waals surface area contributed by atoms with Gasteiger partial charge >= 0.3 is 5.82 Å². The van der Waals surface area contributed by atoms with Crippen LogP contribution in [0.2, 0.25) is 0 Å². The first kappa shape index (κ1) is 8.95. The summed E-state index contributed by atoms with van der Waals surface area (Å²) < 4.78 is 5.47. The van der Waals surface area contributed by atoms with Crippen molar-refractivity contribution in [3.8, 4) is 5.75 Å². The molecule has 2 rings (SSSR count). The van der Waals surface area contributed by atoms with Crippen molar-refractivity contribution in [2.24, 2.45) is 0 Å². The quantitative estimate of drug-likeness (QED) is 0.529. The van der Waals surface area contributed by atoms with Crippen molar-refractivity contribution in [1.82, 2.24) is 15.5 Å². The van der Waals surface area contributed by atoms with Crippen LogP contribution in [0.3, 0.4) is 0 Å². The Morgan fingerprint density at radius 1 is 1.71 bits per heavy atom. The van der Waals surface area contributed by atoms with Crippen LogP contribution >= 0.6 is 0 Å². The van der Waals surface area contributed by atoms with Crippen LogP contribution < -0.4 is 10.1 Å². The zero-order valence-corrected chi connectivity index (χ0v) is 7.61. The topological polar surface area (TPSA) is 93.1 Å². The summed E-state index contributed by atoms with van der Waals surface area (Å²) >= 11 is 0. The van der Waals surface area contributed by atoms with Gasteiger partial charge in [-0.2, -0.15) is 0 Å². The number of hydrogen-bond acceptors (Lipinski definition) is 5. The fourth-order valence-corrected chi connectivity index (χ4v) is 1.29. The van der Waals surface area contributed by atoms with Gasteiger partial charge in [-0.15, -0.1) is 5.10 Å². The lowest BCUT2D eigenvalue weighted by Gasteiger charge is -2.38. The molecule has 1 aromatic heterocycles. The Kier molecular flexibility index (Phi) is 1.88. The average molecular weight is 198 g/mol. The number of rotatable bonds is 3. The van der Waals surface area contributed by atoms with E-state index in [4.69, 9.17) is 4.74 Å². The van der Waals surface area contributed by atoms with Gasteiger partial charge in [0.1, 0.15) is 11.8 Å². The van der Waals surface area contributed by atoms with Crippen molar-refractivity contribution in [3.63, 3.8) is 0 Å². The highest BCUT2D eigenvalue weighted by molar-refractivity contribution is 5.37. The van der Waals surface area contributed by atoms with Gasteiger partial charge in [0.15, 0.2) is 0 Å².